The number of nitrogens with zero attached hydrogens (tertiary/aromatic N) is 1. The molecule has 1 N–H and O–H groups in total. The maximum absolute atomic E-state index is 13.2. The number of hydrogen-bond acceptors (Lipinski definition) is 4. The second kappa shape index (κ2) is 8.57. The van der Waals surface area contributed by atoms with Crippen molar-refractivity contribution in [3.63, 3.8) is 0 Å². The van der Waals surface area contributed by atoms with Crippen molar-refractivity contribution in [3.8, 4) is 5.75 Å². The number of carbonyl (C=O) groups excluding carboxylic acids is 2. The Labute approximate surface area is 176 Å². The van der Waals surface area contributed by atoms with E-state index in [-0.39, 0.29) is 16.8 Å². The molecule has 3 rings (SSSR count). The van der Waals surface area contributed by atoms with Gasteiger partial charge in [0, 0.05) is 0 Å². The van der Waals surface area contributed by atoms with E-state index < -0.39 is 11.8 Å². The van der Waals surface area contributed by atoms with Crippen molar-refractivity contribution in [3.05, 3.63) is 64.7 Å². The van der Waals surface area contributed by atoms with Gasteiger partial charge in [0.25, 0.3) is 11.8 Å². The molecule has 0 radical (unpaired) electrons. The first-order valence-electron chi connectivity index (χ1n) is 9.55. The Morgan fingerprint density at radius 3 is 2.48 bits per heavy atom. The third-order valence-electron chi connectivity index (χ3n) is 4.81. The first-order chi connectivity index (χ1) is 13.8. The second-order valence-electron chi connectivity index (χ2n) is 7.15. The van der Waals surface area contributed by atoms with Crippen LogP contribution in [0.15, 0.2) is 48.0 Å². The highest BCUT2D eigenvalue weighted by Crippen LogP contribution is 2.26. The molecule has 1 heterocycles. The van der Waals surface area contributed by atoms with Gasteiger partial charge in [0.1, 0.15) is 11.3 Å². The van der Waals surface area contributed by atoms with Crippen LogP contribution < -0.4 is 15.0 Å². The number of thiocarbonyl (C=S) groups is 1. The monoisotopic (exact) mass is 408 g/mol. The zero-order valence-corrected chi connectivity index (χ0v) is 17.8. The van der Waals surface area contributed by atoms with Gasteiger partial charge in [-0.1, -0.05) is 31.2 Å². The first kappa shape index (κ1) is 20.7. The van der Waals surface area contributed by atoms with Crippen LogP contribution in [-0.2, 0) is 9.59 Å². The lowest BCUT2D eigenvalue weighted by Gasteiger charge is -2.30. The Morgan fingerprint density at radius 2 is 1.83 bits per heavy atom. The number of hydrogen-bond donors (Lipinski definition) is 1. The van der Waals surface area contributed by atoms with E-state index in [2.05, 4.69) is 12.2 Å². The number of amides is 2. The van der Waals surface area contributed by atoms with Crippen molar-refractivity contribution in [1.29, 1.82) is 0 Å². The van der Waals surface area contributed by atoms with Crippen molar-refractivity contribution >= 4 is 40.9 Å². The lowest BCUT2D eigenvalue weighted by atomic mass is 10.0. The standard InChI is InChI=1S/C23H24N2O3S/c1-5-16(4)28-18-10-8-17(9-11-18)13-19-21(26)24-23(29)25(22(19)27)20-12-14(2)6-7-15(20)3/h6-13,16H,5H2,1-4H3,(H,24,26,29)/b19-13+/t16-/m1/s1. The van der Waals surface area contributed by atoms with E-state index in [0.29, 0.717) is 5.69 Å². The van der Waals surface area contributed by atoms with E-state index in [1.165, 1.54) is 4.90 Å². The molecular weight excluding hydrogens is 384 g/mol. The van der Waals surface area contributed by atoms with Crippen molar-refractivity contribution in [1.82, 2.24) is 5.32 Å². The van der Waals surface area contributed by atoms with Gasteiger partial charge in [-0.15, -0.1) is 0 Å². The van der Waals surface area contributed by atoms with Crippen LogP contribution in [0.3, 0.4) is 0 Å². The Morgan fingerprint density at radius 1 is 1.14 bits per heavy atom. The van der Waals surface area contributed by atoms with E-state index in [9.17, 15) is 9.59 Å². The molecule has 1 fully saturated rings. The fraction of sp³-hybridized carbons (Fsp3) is 0.261. The van der Waals surface area contributed by atoms with Gasteiger partial charge >= 0.3 is 0 Å². The zero-order valence-electron chi connectivity index (χ0n) is 17.0. The molecule has 2 aromatic carbocycles. The molecule has 0 saturated carbocycles. The summed E-state index contributed by atoms with van der Waals surface area (Å²) in [6.07, 6.45) is 2.61. The molecule has 0 aromatic heterocycles. The molecule has 1 aliphatic heterocycles. The van der Waals surface area contributed by atoms with Crippen molar-refractivity contribution < 1.29 is 14.3 Å². The number of rotatable bonds is 5. The molecule has 29 heavy (non-hydrogen) atoms. The average Bonchev–Trinajstić information content (AvgIpc) is 2.68. The van der Waals surface area contributed by atoms with Crippen LogP contribution >= 0.6 is 12.2 Å². The molecule has 0 aliphatic carbocycles. The summed E-state index contributed by atoms with van der Waals surface area (Å²) in [5, 5.41) is 2.71. The minimum atomic E-state index is -0.499. The molecule has 2 aromatic rings. The summed E-state index contributed by atoms with van der Waals surface area (Å²) in [4.78, 5) is 27.0. The van der Waals surface area contributed by atoms with Crippen LogP contribution in [-0.4, -0.2) is 23.0 Å². The van der Waals surface area contributed by atoms with Gasteiger partial charge in [-0.2, -0.15) is 0 Å². The van der Waals surface area contributed by atoms with Crippen LogP contribution in [0.2, 0.25) is 0 Å². The molecule has 1 aliphatic rings. The lowest BCUT2D eigenvalue weighted by molar-refractivity contribution is -0.122. The van der Waals surface area contributed by atoms with Gasteiger partial charge in [0.15, 0.2) is 5.11 Å². The largest absolute Gasteiger partial charge is 0.491 e. The van der Waals surface area contributed by atoms with Crippen molar-refractivity contribution in [2.24, 2.45) is 0 Å². The van der Waals surface area contributed by atoms with E-state index >= 15 is 0 Å². The molecule has 5 nitrogen and oxygen atoms in total. The fourth-order valence-corrected chi connectivity index (χ4v) is 3.24. The third-order valence-corrected chi connectivity index (χ3v) is 5.10. The Hall–Kier alpha value is -2.99. The maximum Gasteiger partial charge on any atom is 0.270 e. The number of carbonyl (C=O) groups is 2. The minimum absolute atomic E-state index is 0.0371. The normalized spacial score (nSPS) is 16.8. The van der Waals surface area contributed by atoms with Gasteiger partial charge in [0.2, 0.25) is 0 Å². The number of nitrogens with one attached hydrogen (secondary N) is 1. The van der Waals surface area contributed by atoms with Gasteiger partial charge in [-0.25, -0.2) is 0 Å². The average molecular weight is 409 g/mol. The lowest BCUT2D eigenvalue weighted by Crippen LogP contribution is -2.54. The summed E-state index contributed by atoms with van der Waals surface area (Å²) >= 11 is 5.28. The van der Waals surface area contributed by atoms with E-state index in [4.69, 9.17) is 17.0 Å². The van der Waals surface area contributed by atoms with Gasteiger partial charge in [0.05, 0.1) is 11.8 Å². The first-order valence-corrected chi connectivity index (χ1v) is 9.96. The summed E-state index contributed by atoms with van der Waals surface area (Å²) in [5.74, 6) is -0.187. The molecule has 0 unspecified atom stereocenters. The van der Waals surface area contributed by atoms with Gasteiger partial charge < -0.3 is 4.74 Å². The molecule has 1 atom stereocenters. The third kappa shape index (κ3) is 4.54. The van der Waals surface area contributed by atoms with Gasteiger partial charge in [-0.05, 0) is 80.4 Å². The Bertz CT molecular complexity index is 996. The van der Waals surface area contributed by atoms with Crippen LogP contribution in [0, 0.1) is 13.8 Å². The summed E-state index contributed by atoms with van der Waals surface area (Å²) in [7, 11) is 0. The summed E-state index contributed by atoms with van der Waals surface area (Å²) in [6, 6.07) is 13.1. The second-order valence-corrected chi connectivity index (χ2v) is 7.54. The highest BCUT2D eigenvalue weighted by Gasteiger charge is 2.35. The van der Waals surface area contributed by atoms with Crippen LogP contribution in [0.5, 0.6) is 5.75 Å². The number of anilines is 1. The van der Waals surface area contributed by atoms with Crippen LogP contribution in [0.1, 0.15) is 37.0 Å². The molecule has 2 amide bonds. The van der Waals surface area contributed by atoms with E-state index in [1.807, 2.05) is 63.2 Å². The summed E-state index contributed by atoms with van der Waals surface area (Å²) < 4.78 is 5.77. The summed E-state index contributed by atoms with van der Waals surface area (Å²) in [5.41, 5.74) is 3.33. The molecule has 1 saturated heterocycles. The summed E-state index contributed by atoms with van der Waals surface area (Å²) in [6.45, 7) is 7.91. The highest BCUT2D eigenvalue weighted by atomic mass is 32.1. The number of aryl methyl sites for hydroxylation is 2. The molecule has 6 heteroatoms. The topological polar surface area (TPSA) is 58.6 Å². The van der Waals surface area contributed by atoms with Gasteiger partial charge in [-0.3, -0.25) is 19.8 Å². The molecular formula is C23H24N2O3S. The zero-order chi connectivity index (χ0) is 21.1. The van der Waals surface area contributed by atoms with E-state index in [0.717, 1.165) is 28.9 Å². The predicted molar refractivity (Wildman–Crippen MR) is 119 cm³/mol. The molecule has 0 spiro atoms. The minimum Gasteiger partial charge on any atom is -0.491 e. The Kier molecular flexibility index (Phi) is 6.13. The van der Waals surface area contributed by atoms with Crippen LogP contribution in [0.25, 0.3) is 6.08 Å². The number of benzene rings is 2. The van der Waals surface area contributed by atoms with Crippen molar-refractivity contribution in [2.45, 2.75) is 40.2 Å². The number of ether oxygens (including phenoxy) is 1. The fourth-order valence-electron chi connectivity index (χ4n) is 2.96. The molecule has 150 valence electrons. The smallest absolute Gasteiger partial charge is 0.270 e. The maximum atomic E-state index is 13.2. The predicted octanol–water partition coefficient (Wildman–Crippen LogP) is 4.31. The van der Waals surface area contributed by atoms with Crippen molar-refractivity contribution in [2.75, 3.05) is 4.90 Å². The van der Waals surface area contributed by atoms with E-state index in [1.54, 1.807) is 6.08 Å². The molecule has 0 bridgehead atoms. The quantitative estimate of drug-likeness (QED) is 0.455. The SMILES string of the molecule is CC[C@@H](C)Oc1ccc(/C=C2\C(=O)NC(=S)N(c3cc(C)ccc3C)C2=O)cc1. The highest BCUT2D eigenvalue weighted by molar-refractivity contribution is 7.80. The Balaban J connectivity index is 1.92. The van der Waals surface area contributed by atoms with Crippen LogP contribution in [0.4, 0.5) is 5.69 Å².